The number of esters is 1. The second-order valence-corrected chi connectivity index (χ2v) is 7.56. The first-order chi connectivity index (χ1) is 13.4. The van der Waals surface area contributed by atoms with Gasteiger partial charge < -0.3 is 15.0 Å². The van der Waals surface area contributed by atoms with Crippen molar-refractivity contribution < 1.29 is 18.7 Å². The normalized spacial score (nSPS) is 17.8. The molecule has 1 amide bonds. The summed E-state index contributed by atoms with van der Waals surface area (Å²) < 4.78 is 19.0. The van der Waals surface area contributed by atoms with Crippen LogP contribution in [0.25, 0.3) is 10.9 Å². The second kappa shape index (κ2) is 6.78. The maximum absolute atomic E-state index is 13.5. The van der Waals surface area contributed by atoms with E-state index in [1.54, 1.807) is 38.1 Å². The molecule has 0 radical (unpaired) electrons. The summed E-state index contributed by atoms with van der Waals surface area (Å²) in [6, 6.07) is 11.6. The first kappa shape index (κ1) is 18.2. The smallest absolute Gasteiger partial charge is 0.338 e. The van der Waals surface area contributed by atoms with Crippen molar-refractivity contribution in [2.45, 2.75) is 31.8 Å². The number of nitrogens with one attached hydrogen (secondary N) is 2. The van der Waals surface area contributed by atoms with Gasteiger partial charge in [0.05, 0.1) is 5.56 Å². The van der Waals surface area contributed by atoms with Crippen LogP contribution in [0.1, 0.15) is 41.3 Å². The predicted molar refractivity (Wildman–Crippen MR) is 104 cm³/mol. The molecule has 0 fully saturated rings. The third-order valence-corrected chi connectivity index (χ3v) is 5.23. The number of benzene rings is 2. The van der Waals surface area contributed by atoms with Crippen LogP contribution in [0.5, 0.6) is 0 Å². The SMILES string of the molecule is CC1(C)OC(=O)c2ccccc2C1C(=O)NCCc1c[nH]c2ccc(F)cc12. The minimum Gasteiger partial charge on any atom is -0.455 e. The number of carbonyl (C=O) groups is 2. The Morgan fingerprint density at radius 1 is 1.25 bits per heavy atom. The molecule has 28 heavy (non-hydrogen) atoms. The molecule has 0 aliphatic carbocycles. The van der Waals surface area contributed by atoms with Gasteiger partial charge in [0.25, 0.3) is 0 Å². The van der Waals surface area contributed by atoms with Crippen LogP contribution in [0.15, 0.2) is 48.7 Å². The van der Waals surface area contributed by atoms with Crippen molar-refractivity contribution in [1.29, 1.82) is 0 Å². The molecule has 2 N–H and O–H groups in total. The molecule has 1 unspecified atom stereocenters. The highest BCUT2D eigenvalue weighted by Gasteiger charge is 2.45. The number of hydrogen-bond donors (Lipinski definition) is 2. The Morgan fingerprint density at radius 2 is 2.04 bits per heavy atom. The van der Waals surface area contributed by atoms with Crippen LogP contribution in [-0.4, -0.2) is 29.0 Å². The molecule has 4 rings (SSSR count). The number of aromatic amines is 1. The largest absolute Gasteiger partial charge is 0.455 e. The molecule has 0 saturated carbocycles. The highest BCUT2D eigenvalue weighted by Crippen LogP contribution is 2.38. The van der Waals surface area contributed by atoms with Crippen LogP contribution < -0.4 is 5.32 Å². The number of ether oxygens (including phenoxy) is 1. The average molecular weight is 380 g/mol. The number of fused-ring (bicyclic) bond motifs is 2. The molecular weight excluding hydrogens is 359 g/mol. The number of hydrogen-bond acceptors (Lipinski definition) is 3. The molecule has 1 aromatic heterocycles. The monoisotopic (exact) mass is 380 g/mol. The first-order valence-electron chi connectivity index (χ1n) is 9.22. The van der Waals surface area contributed by atoms with Crippen molar-refractivity contribution in [2.75, 3.05) is 6.54 Å². The first-order valence-corrected chi connectivity index (χ1v) is 9.22. The van der Waals surface area contributed by atoms with Crippen LogP contribution in [0.2, 0.25) is 0 Å². The van der Waals surface area contributed by atoms with E-state index in [4.69, 9.17) is 4.74 Å². The van der Waals surface area contributed by atoms with Crippen LogP contribution in [0.3, 0.4) is 0 Å². The van der Waals surface area contributed by atoms with Crippen molar-refractivity contribution >= 4 is 22.8 Å². The van der Waals surface area contributed by atoms with Gasteiger partial charge in [-0.2, -0.15) is 0 Å². The third kappa shape index (κ3) is 3.15. The van der Waals surface area contributed by atoms with Gasteiger partial charge in [0.2, 0.25) is 5.91 Å². The molecule has 1 aliphatic heterocycles. The van der Waals surface area contributed by atoms with Crippen molar-refractivity contribution in [2.24, 2.45) is 0 Å². The number of aromatic nitrogens is 1. The van der Waals surface area contributed by atoms with Gasteiger partial charge in [0, 0.05) is 23.6 Å². The Balaban J connectivity index is 1.51. The topological polar surface area (TPSA) is 71.2 Å². The molecule has 0 spiro atoms. The fraction of sp³-hybridized carbons (Fsp3) is 0.273. The quantitative estimate of drug-likeness (QED) is 0.678. The van der Waals surface area contributed by atoms with Crippen LogP contribution in [0, 0.1) is 5.82 Å². The van der Waals surface area contributed by atoms with Gasteiger partial charge in [-0.15, -0.1) is 0 Å². The summed E-state index contributed by atoms with van der Waals surface area (Å²) in [7, 11) is 0. The fourth-order valence-electron chi connectivity index (χ4n) is 3.90. The van der Waals surface area contributed by atoms with Crippen molar-refractivity contribution in [3.8, 4) is 0 Å². The number of cyclic esters (lactones) is 1. The lowest BCUT2D eigenvalue weighted by Gasteiger charge is -2.38. The predicted octanol–water partition coefficient (Wildman–Crippen LogP) is 3.70. The van der Waals surface area contributed by atoms with Gasteiger partial charge in [0.1, 0.15) is 17.3 Å². The molecule has 1 atom stereocenters. The molecular formula is C22H21FN2O3. The van der Waals surface area contributed by atoms with Crippen LogP contribution in [0.4, 0.5) is 4.39 Å². The lowest BCUT2D eigenvalue weighted by molar-refractivity contribution is -0.128. The number of H-pyrrole nitrogens is 1. The lowest BCUT2D eigenvalue weighted by atomic mass is 9.79. The second-order valence-electron chi connectivity index (χ2n) is 7.56. The van der Waals surface area contributed by atoms with Gasteiger partial charge in [0.15, 0.2) is 0 Å². The summed E-state index contributed by atoms with van der Waals surface area (Å²) >= 11 is 0. The molecule has 2 aromatic carbocycles. The minimum atomic E-state index is -0.945. The minimum absolute atomic E-state index is 0.198. The Morgan fingerprint density at radius 3 is 2.86 bits per heavy atom. The maximum Gasteiger partial charge on any atom is 0.338 e. The summed E-state index contributed by atoms with van der Waals surface area (Å²) in [4.78, 5) is 28.3. The van der Waals surface area contributed by atoms with E-state index in [1.165, 1.54) is 12.1 Å². The van der Waals surface area contributed by atoms with Crippen LogP contribution >= 0.6 is 0 Å². The summed E-state index contributed by atoms with van der Waals surface area (Å²) in [5.74, 6) is -1.50. The van der Waals surface area contributed by atoms with E-state index < -0.39 is 17.5 Å². The van der Waals surface area contributed by atoms with E-state index in [0.29, 0.717) is 24.1 Å². The highest BCUT2D eigenvalue weighted by atomic mass is 19.1. The Kier molecular flexibility index (Phi) is 4.41. The molecule has 6 heteroatoms. The molecule has 144 valence electrons. The number of carbonyl (C=O) groups excluding carboxylic acids is 2. The van der Waals surface area contributed by atoms with E-state index in [-0.39, 0.29) is 11.7 Å². The third-order valence-electron chi connectivity index (χ3n) is 5.23. The zero-order valence-corrected chi connectivity index (χ0v) is 15.7. The van der Waals surface area contributed by atoms with Gasteiger partial charge in [-0.05, 0) is 55.7 Å². The van der Waals surface area contributed by atoms with Gasteiger partial charge in [-0.25, -0.2) is 9.18 Å². The average Bonchev–Trinajstić information content (AvgIpc) is 3.03. The Bertz CT molecular complexity index is 1070. The molecule has 0 saturated heterocycles. The van der Waals surface area contributed by atoms with Gasteiger partial charge in [-0.1, -0.05) is 18.2 Å². The van der Waals surface area contributed by atoms with Crippen LogP contribution in [-0.2, 0) is 16.0 Å². The summed E-state index contributed by atoms with van der Waals surface area (Å²) in [5.41, 5.74) is 1.95. The van der Waals surface area contributed by atoms with E-state index in [0.717, 1.165) is 16.5 Å². The van der Waals surface area contributed by atoms with Gasteiger partial charge >= 0.3 is 5.97 Å². The van der Waals surface area contributed by atoms with E-state index in [2.05, 4.69) is 10.3 Å². The van der Waals surface area contributed by atoms with Crippen molar-refractivity contribution in [1.82, 2.24) is 10.3 Å². The zero-order chi connectivity index (χ0) is 19.9. The Hall–Kier alpha value is -3.15. The van der Waals surface area contributed by atoms with Crippen molar-refractivity contribution in [3.05, 3.63) is 71.2 Å². The molecule has 1 aliphatic rings. The Labute approximate surface area is 161 Å². The molecule has 0 bridgehead atoms. The highest BCUT2D eigenvalue weighted by molar-refractivity contribution is 5.97. The zero-order valence-electron chi connectivity index (χ0n) is 15.7. The summed E-state index contributed by atoms with van der Waals surface area (Å²) in [6.45, 7) is 3.88. The number of rotatable bonds is 4. The standard InChI is InChI=1S/C22H21FN2O3/c1-22(2)19(15-5-3-4-6-16(15)21(27)28-22)20(26)24-10-9-13-12-25-18-8-7-14(23)11-17(13)18/h3-8,11-12,19,25H,9-10H2,1-2H3,(H,24,26). The summed E-state index contributed by atoms with van der Waals surface area (Å²) in [6.07, 6.45) is 2.39. The number of amides is 1. The van der Waals surface area contributed by atoms with E-state index in [1.807, 2.05) is 12.3 Å². The fourth-order valence-corrected chi connectivity index (χ4v) is 3.90. The summed E-state index contributed by atoms with van der Waals surface area (Å²) in [5, 5.41) is 3.76. The van der Waals surface area contributed by atoms with Crippen molar-refractivity contribution in [3.63, 3.8) is 0 Å². The maximum atomic E-state index is 13.5. The van der Waals surface area contributed by atoms with Gasteiger partial charge in [-0.3, -0.25) is 4.79 Å². The lowest BCUT2D eigenvalue weighted by Crippen LogP contribution is -2.48. The van der Waals surface area contributed by atoms with E-state index >= 15 is 0 Å². The van der Waals surface area contributed by atoms with E-state index in [9.17, 15) is 14.0 Å². The number of halogens is 1. The molecule has 5 nitrogen and oxygen atoms in total. The molecule has 2 heterocycles. The molecule has 3 aromatic rings.